The summed E-state index contributed by atoms with van der Waals surface area (Å²) in [5.41, 5.74) is 7.51. The van der Waals surface area contributed by atoms with Crippen LogP contribution in [-0.2, 0) is 4.79 Å². The summed E-state index contributed by atoms with van der Waals surface area (Å²) in [6.45, 7) is 1.97. The molecule has 2 aliphatic rings. The number of methoxy groups -OCH3 is 1. The van der Waals surface area contributed by atoms with E-state index < -0.39 is 11.7 Å². The molecule has 1 saturated heterocycles. The highest BCUT2D eigenvalue weighted by atomic mass is 16.5. The van der Waals surface area contributed by atoms with E-state index in [4.69, 9.17) is 10.00 Å². The van der Waals surface area contributed by atoms with Crippen molar-refractivity contribution in [3.63, 3.8) is 0 Å². The zero-order valence-corrected chi connectivity index (χ0v) is 21.3. The molecule has 0 aliphatic carbocycles. The predicted octanol–water partition coefficient (Wildman–Crippen LogP) is 2.35. The third-order valence-electron chi connectivity index (χ3n) is 7.16. The van der Waals surface area contributed by atoms with Crippen molar-refractivity contribution in [1.82, 2.24) is 25.7 Å². The van der Waals surface area contributed by atoms with Gasteiger partial charge < -0.3 is 24.9 Å². The van der Waals surface area contributed by atoms with Crippen LogP contribution in [0.2, 0.25) is 0 Å². The number of rotatable bonds is 6. The number of pyridine rings is 1. The van der Waals surface area contributed by atoms with Crippen LogP contribution < -0.4 is 20.5 Å². The van der Waals surface area contributed by atoms with E-state index in [2.05, 4.69) is 42.8 Å². The van der Waals surface area contributed by atoms with E-state index in [1.165, 1.54) is 7.11 Å². The molecular weight excluding hydrogens is 496 g/mol. The number of piperazine rings is 1. The van der Waals surface area contributed by atoms with Crippen LogP contribution in [0.4, 0.5) is 5.82 Å². The van der Waals surface area contributed by atoms with Gasteiger partial charge in [-0.2, -0.15) is 5.26 Å². The number of carbonyl (C=O) groups is 2. The Hall–Kier alpha value is -4.95. The lowest BCUT2D eigenvalue weighted by Crippen LogP contribution is -2.50. The molecule has 6 rings (SSSR count). The van der Waals surface area contributed by atoms with E-state index in [0.717, 1.165) is 16.6 Å². The van der Waals surface area contributed by atoms with E-state index in [1.807, 2.05) is 30.3 Å². The summed E-state index contributed by atoms with van der Waals surface area (Å²) in [5.74, 6) is 0.734. The van der Waals surface area contributed by atoms with Gasteiger partial charge in [-0.05, 0) is 23.6 Å². The number of Topliss-reactive ketones (excluding diaryl/α,β-unsaturated/α-hetero) is 1. The van der Waals surface area contributed by atoms with Crippen molar-refractivity contribution in [2.24, 2.45) is 4.99 Å². The number of nitriles is 1. The van der Waals surface area contributed by atoms with Crippen LogP contribution in [0, 0.1) is 11.3 Å². The Morgan fingerprint density at radius 1 is 1.13 bits per heavy atom. The average Bonchev–Trinajstić information content (AvgIpc) is 3.64. The number of aromatic nitrogens is 2. The van der Waals surface area contributed by atoms with Crippen molar-refractivity contribution in [2.75, 3.05) is 38.2 Å². The van der Waals surface area contributed by atoms with Crippen LogP contribution in [0.25, 0.3) is 21.7 Å². The fourth-order valence-corrected chi connectivity index (χ4v) is 5.19. The molecule has 2 aromatic heterocycles. The smallest absolute Gasteiger partial charge is 0.295 e. The van der Waals surface area contributed by atoms with Gasteiger partial charge in [0.1, 0.15) is 23.6 Å². The number of hydrogen-bond acceptors (Lipinski definition) is 9. The Balaban J connectivity index is 1.23. The number of hydrogen-bond donors (Lipinski definition) is 3. The highest BCUT2D eigenvalue weighted by molar-refractivity contribution is 6.45. The lowest BCUT2D eigenvalue weighted by Gasteiger charge is -2.35. The molecule has 2 aromatic carbocycles. The lowest BCUT2D eigenvalue weighted by atomic mass is 10.0. The third-order valence-corrected chi connectivity index (χ3v) is 7.16. The Bertz CT molecular complexity index is 1660. The van der Waals surface area contributed by atoms with E-state index in [1.54, 1.807) is 23.4 Å². The molecule has 1 amide bonds. The molecule has 4 heterocycles. The zero-order chi connectivity index (χ0) is 26.9. The number of nitrogens with one attached hydrogen (secondary N) is 3. The van der Waals surface area contributed by atoms with E-state index >= 15 is 0 Å². The summed E-state index contributed by atoms with van der Waals surface area (Å²) < 4.78 is 5.55. The van der Waals surface area contributed by atoms with E-state index in [0.29, 0.717) is 54.2 Å². The molecule has 2 aliphatic heterocycles. The minimum atomic E-state index is -0.602. The molecule has 196 valence electrons. The number of amidine groups is 1. The number of fused-ring (bicyclic) bond motifs is 2. The Morgan fingerprint density at radius 3 is 2.74 bits per heavy atom. The first-order chi connectivity index (χ1) is 19.1. The second kappa shape index (κ2) is 10.1. The topological polar surface area (TPSA) is 139 Å². The molecule has 3 N–H and O–H groups in total. The SMILES string of the molecule is COc1ccc(C2=NC(CC#N)NN2)c2[nH]cc(C(=O)C(=O)N3CCN(c4nccc5ccccc45)CC3)c12. The summed E-state index contributed by atoms with van der Waals surface area (Å²) in [6, 6.07) is 15.7. The minimum absolute atomic E-state index is 0.211. The van der Waals surface area contributed by atoms with Crippen LogP contribution in [-0.4, -0.2) is 71.8 Å². The van der Waals surface area contributed by atoms with Crippen molar-refractivity contribution in [3.05, 3.63) is 66.0 Å². The minimum Gasteiger partial charge on any atom is -0.496 e. The van der Waals surface area contributed by atoms with Crippen molar-refractivity contribution in [3.8, 4) is 11.8 Å². The highest BCUT2D eigenvalue weighted by Gasteiger charge is 2.31. The van der Waals surface area contributed by atoms with Crippen molar-refractivity contribution in [1.29, 1.82) is 5.26 Å². The number of hydrazine groups is 1. The summed E-state index contributed by atoms with van der Waals surface area (Å²) in [5, 5.41) is 11.7. The number of carbonyl (C=O) groups excluding carboxylic acids is 2. The van der Waals surface area contributed by atoms with Gasteiger partial charge in [0.05, 0.1) is 36.1 Å². The molecule has 0 saturated carbocycles. The summed E-state index contributed by atoms with van der Waals surface area (Å²) >= 11 is 0. The molecule has 1 atom stereocenters. The number of H-pyrrole nitrogens is 1. The Kier molecular flexibility index (Phi) is 6.30. The van der Waals surface area contributed by atoms with Gasteiger partial charge in [0.15, 0.2) is 0 Å². The molecule has 0 spiro atoms. The molecule has 0 bridgehead atoms. The standard InChI is InChI=1S/C28H26N8O3/c1-39-21-7-6-19(26-32-22(8-10-29)33-34-26)24-23(21)20(16-31-24)25(37)28(38)36-14-12-35(13-15-36)27-18-5-3-2-4-17(18)9-11-30-27/h2-7,9,11,16,22,31,33H,8,12-15H2,1H3,(H,32,34). The number of aromatic amines is 1. The van der Waals surface area contributed by atoms with Crippen molar-refractivity contribution >= 4 is 45.0 Å². The molecule has 11 heteroatoms. The summed E-state index contributed by atoms with van der Waals surface area (Å²) in [6.07, 6.45) is 3.18. The Morgan fingerprint density at radius 2 is 1.95 bits per heavy atom. The largest absolute Gasteiger partial charge is 0.496 e. The van der Waals surface area contributed by atoms with Gasteiger partial charge in [-0.15, -0.1) is 0 Å². The van der Waals surface area contributed by atoms with Crippen LogP contribution in [0.1, 0.15) is 22.3 Å². The third kappa shape index (κ3) is 4.30. The maximum absolute atomic E-state index is 13.5. The molecule has 11 nitrogen and oxygen atoms in total. The van der Waals surface area contributed by atoms with Gasteiger partial charge in [-0.3, -0.25) is 9.59 Å². The van der Waals surface area contributed by atoms with E-state index in [9.17, 15) is 9.59 Å². The quantitative estimate of drug-likeness (QED) is 0.259. The first-order valence-corrected chi connectivity index (χ1v) is 12.7. The van der Waals surface area contributed by atoms with Gasteiger partial charge >= 0.3 is 0 Å². The number of amides is 1. The maximum Gasteiger partial charge on any atom is 0.295 e. The molecule has 0 radical (unpaired) electrons. The number of aliphatic imine (C=N–C) groups is 1. The number of ether oxygens (including phenoxy) is 1. The molecule has 4 aromatic rings. The molecule has 1 fully saturated rings. The highest BCUT2D eigenvalue weighted by Crippen LogP contribution is 2.33. The number of anilines is 1. The van der Waals surface area contributed by atoms with Crippen molar-refractivity contribution in [2.45, 2.75) is 12.6 Å². The summed E-state index contributed by atoms with van der Waals surface area (Å²) in [7, 11) is 1.52. The van der Waals surface area contributed by atoms with E-state index in [-0.39, 0.29) is 18.2 Å². The van der Waals surface area contributed by atoms with Gasteiger partial charge in [-0.1, -0.05) is 24.3 Å². The number of ketones is 1. The van der Waals surface area contributed by atoms with Gasteiger partial charge in [0.25, 0.3) is 11.7 Å². The van der Waals surface area contributed by atoms with Gasteiger partial charge in [0.2, 0.25) is 0 Å². The molecule has 39 heavy (non-hydrogen) atoms. The second-order valence-electron chi connectivity index (χ2n) is 9.36. The second-order valence-corrected chi connectivity index (χ2v) is 9.36. The van der Waals surface area contributed by atoms with Crippen LogP contribution in [0.15, 0.2) is 59.9 Å². The maximum atomic E-state index is 13.5. The predicted molar refractivity (Wildman–Crippen MR) is 147 cm³/mol. The Labute approximate surface area is 224 Å². The van der Waals surface area contributed by atoms with Crippen LogP contribution >= 0.6 is 0 Å². The normalized spacial score (nSPS) is 17.1. The first-order valence-electron chi connectivity index (χ1n) is 12.7. The average molecular weight is 523 g/mol. The fourth-order valence-electron chi connectivity index (χ4n) is 5.19. The molecular formula is C28H26N8O3. The van der Waals surface area contributed by atoms with Gasteiger partial charge in [0, 0.05) is 49.5 Å². The summed E-state index contributed by atoms with van der Waals surface area (Å²) in [4.78, 5) is 42.8. The van der Waals surface area contributed by atoms with Gasteiger partial charge in [-0.25, -0.2) is 15.4 Å². The molecule has 1 unspecified atom stereocenters. The fraction of sp³-hybridized carbons (Fsp3) is 0.250. The first kappa shape index (κ1) is 24.4. The van der Waals surface area contributed by atoms with Crippen LogP contribution in [0.3, 0.4) is 0 Å². The van der Waals surface area contributed by atoms with Crippen molar-refractivity contribution < 1.29 is 14.3 Å². The zero-order valence-electron chi connectivity index (χ0n) is 21.3. The number of benzene rings is 2. The monoisotopic (exact) mass is 522 g/mol. The number of nitrogens with zero attached hydrogens (tertiary/aromatic N) is 5. The van der Waals surface area contributed by atoms with Crippen LogP contribution in [0.5, 0.6) is 5.75 Å². The lowest BCUT2D eigenvalue weighted by molar-refractivity contribution is -0.126.